The van der Waals surface area contributed by atoms with Gasteiger partial charge < -0.3 is 10.1 Å². The Hall–Kier alpha value is -3.06. The molecule has 0 fully saturated rings. The summed E-state index contributed by atoms with van der Waals surface area (Å²) in [5.74, 6) is -1.37. The van der Waals surface area contributed by atoms with E-state index in [-0.39, 0.29) is 5.82 Å². The summed E-state index contributed by atoms with van der Waals surface area (Å²) >= 11 is 1.15. The van der Waals surface area contributed by atoms with E-state index in [9.17, 15) is 14.0 Å². The lowest BCUT2D eigenvalue weighted by atomic mass is 10.1. The van der Waals surface area contributed by atoms with E-state index in [1.165, 1.54) is 19.1 Å². The molecule has 3 rings (SSSR count). The molecule has 2 aromatic carbocycles. The zero-order valence-corrected chi connectivity index (χ0v) is 17.4. The van der Waals surface area contributed by atoms with Crippen LogP contribution in [0.4, 0.5) is 10.1 Å². The average molecular weight is 412 g/mol. The second kappa shape index (κ2) is 8.53. The first-order chi connectivity index (χ1) is 13.7. The number of ether oxygens (including phenoxy) is 1. The highest BCUT2D eigenvalue weighted by atomic mass is 32.1. The second-order valence-corrected chi connectivity index (χ2v) is 7.79. The summed E-state index contributed by atoms with van der Waals surface area (Å²) in [5.41, 5.74) is 3.91. The van der Waals surface area contributed by atoms with Crippen molar-refractivity contribution < 1.29 is 18.7 Å². The molecule has 29 heavy (non-hydrogen) atoms. The van der Waals surface area contributed by atoms with Gasteiger partial charge >= 0.3 is 5.97 Å². The monoisotopic (exact) mass is 412 g/mol. The van der Waals surface area contributed by atoms with Gasteiger partial charge in [0.1, 0.15) is 15.7 Å². The molecule has 1 heterocycles. The first kappa shape index (κ1) is 20.7. The molecule has 0 aliphatic heterocycles. The zero-order chi connectivity index (χ0) is 21.1. The highest BCUT2D eigenvalue weighted by Gasteiger charge is 2.23. The van der Waals surface area contributed by atoms with Gasteiger partial charge in [0, 0.05) is 11.3 Å². The van der Waals surface area contributed by atoms with E-state index in [1.807, 2.05) is 32.0 Å². The van der Waals surface area contributed by atoms with Crippen LogP contribution in [0.5, 0.6) is 0 Å². The summed E-state index contributed by atoms with van der Waals surface area (Å²) in [4.78, 5) is 29.7. The molecule has 0 saturated carbocycles. The number of esters is 1. The number of hydrogen-bond donors (Lipinski definition) is 1. The molecule has 1 atom stereocenters. The fourth-order valence-corrected chi connectivity index (χ4v) is 3.71. The maximum absolute atomic E-state index is 13.1. The summed E-state index contributed by atoms with van der Waals surface area (Å²) in [6.07, 6.45) is -0.973. The Morgan fingerprint density at radius 2 is 1.79 bits per heavy atom. The van der Waals surface area contributed by atoms with Gasteiger partial charge in [-0.1, -0.05) is 17.7 Å². The summed E-state index contributed by atoms with van der Waals surface area (Å²) < 4.78 is 18.4. The van der Waals surface area contributed by atoms with Gasteiger partial charge in [-0.25, -0.2) is 14.2 Å². The van der Waals surface area contributed by atoms with E-state index in [1.54, 1.807) is 19.1 Å². The predicted octanol–water partition coefficient (Wildman–Crippen LogP) is 5.06. The van der Waals surface area contributed by atoms with Crippen molar-refractivity contribution in [1.82, 2.24) is 4.98 Å². The van der Waals surface area contributed by atoms with Crippen LogP contribution in [0, 0.1) is 26.6 Å². The molecule has 0 spiro atoms. The van der Waals surface area contributed by atoms with Gasteiger partial charge in [-0.05, 0) is 63.6 Å². The molecule has 0 bridgehead atoms. The number of carbonyl (C=O) groups is 2. The number of amides is 1. The lowest BCUT2D eigenvalue weighted by Gasteiger charge is -2.14. The van der Waals surface area contributed by atoms with Gasteiger partial charge in [-0.2, -0.15) is 0 Å². The highest BCUT2D eigenvalue weighted by Crippen LogP contribution is 2.29. The number of carbonyl (C=O) groups excluding carboxylic acids is 2. The second-order valence-electron chi connectivity index (χ2n) is 6.80. The van der Waals surface area contributed by atoms with Crippen molar-refractivity contribution in [2.75, 3.05) is 5.32 Å². The minimum absolute atomic E-state index is 0.315. The molecule has 1 N–H and O–H groups in total. The molecule has 0 aliphatic rings. The molecule has 1 aromatic heterocycles. The molecule has 0 aliphatic carbocycles. The van der Waals surface area contributed by atoms with Crippen LogP contribution < -0.4 is 5.32 Å². The normalized spacial score (nSPS) is 11.8. The number of rotatable bonds is 5. The summed E-state index contributed by atoms with van der Waals surface area (Å²) in [5, 5.41) is 3.37. The third-order valence-corrected chi connectivity index (χ3v) is 5.55. The molecule has 3 aromatic rings. The van der Waals surface area contributed by atoms with Crippen molar-refractivity contribution in [3.8, 4) is 10.6 Å². The van der Waals surface area contributed by atoms with Gasteiger partial charge in [-0.3, -0.25) is 4.79 Å². The number of hydrogen-bond acceptors (Lipinski definition) is 5. The fourth-order valence-electron chi connectivity index (χ4n) is 2.76. The number of benzene rings is 2. The SMILES string of the molecule is Cc1ccc(NC(=O)C(C)OC(=O)c2sc(-c3ccc(F)cc3)nc2C)c(C)c1. The number of nitrogens with zero attached hydrogens (tertiary/aromatic N) is 1. The maximum atomic E-state index is 13.1. The van der Waals surface area contributed by atoms with E-state index in [2.05, 4.69) is 10.3 Å². The summed E-state index contributed by atoms with van der Waals surface area (Å²) in [6.45, 7) is 7.09. The smallest absolute Gasteiger partial charge is 0.351 e. The number of aromatic nitrogens is 1. The Kier molecular flexibility index (Phi) is 6.08. The van der Waals surface area contributed by atoms with Gasteiger partial charge in [0.15, 0.2) is 6.10 Å². The lowest BCUT2D eigenvalue weighted by molar-refractivity contribution is -0.123. The average Bonchev–Trinajstić information content (AvgIpc) is 3.06. The molecular formula is C22H21FN2O3S. The summed E-state index contributed by atoms with van der Waals surface area (Å²) in [6, 6.07) is 11.6. The minimum Gasteiger partial charge on any atom is -0.448 e. The Balaban J connectivity index is 1.69. The van der Waals surface area contributed by atoms with Crippen molar-refractivity contribution >= 4 is 28.9 Å². The van der Waals surface area contributed by atoms with Crippen molar-refractivity contribution in [1.29, 1.82) is 0 Å². The first-order valence-corrected chi connectivity index (χ1v) is 9.88. The van der Waals surface area contributed by atoms with Crippen LogP contribution >= 0.6 is 11.3 Å². The van der Waals surface area contributed by atoms with Gasteiger partial charge in [0.2, 0.25) is 0 Å². The van der Waals surface area contributed by atoms with E-state index >= 15 is 0 Å². The standard InChI is InChI=1S/C22H21FN2O3S/c1-12-5-10-18(13(2)11-12)25-20(26)15(4)28-22(27)19-14(3)24-21(29-19)16-6-8-17(23)9-7-16/h5-11,15H,1-4H3,(H,25,26). The molecule has 5 nitrogen and oxygen atoms in total. The van der Waals surface area contributed by atoms with Crippen LogP contribution in [0.25, 0.3) is 10.6 Å². The quantitative estimate of drug-likeness (QED) is 0.595. The molecule has 1 amide bonds. The Labute approximate surface area is 172 Å². The lowest BCUT2D eigenvalue weighted by Crippen LogP contribution is -2.30. The molecule has 7 heteroatoms. The largest absolute Gasteiger partial charge is 0.448 e. The van der Waals surface area contributed by atoms with Crippen molar-refractivity contribution in [3.63, 3.8) is 0 Å². The van der Waals surface area contributed by atoms with Gasteiger partial charge in [-0.15, -0.1) is 11.3 Å². The zero-order valence-electron chi connectivity index (χ0n) is 16.6. The third kappa shape index (κ3) is 4.86. The maximum Gasteiger partial charge on any atom is 0.351 e. The summed E-state index contributed by atoms with van der Waals surface area (Å²) in [7, 11) is 0. The van der Waals surface area contributed by atoms with E-state index in [0.717, 1.165) is 22.5 Å². The van der Waals surface area contributed by atoms with Crippen LogP contribution in [0.3, 0.4) is 0 Å². The van der Waals surface area contributed by atoms with Crippen LogP contribution in [0.2, 0.25) is 0 Å². The highest BCUT2D eigenvalue weighted by molar-refractivity contribution is 7.17. The van der Waals surface area contributed by atoms with Crippen molar-refractivity contribution in [3.05, 3.63) is 70.0 Å². The van der Waals surface area contributed by atoms with Crippen LogP contribution in [-0.4, -0.2) is 23.0 Å². The predicted molar refractivity (Wildman–Crippen MR) is 112 cm³/mol. The third-order valence-electron chi connectivity index (χ3n) is 4.37. The fraction of sp³-hybridized carbons (Fsp3) is 0.227. The Bertz CT molecular complexity index is 1060. The number of anilines is 1. The van der Waals surface area contributed by atoms with E-state index in [0.29, 0.717) is 26.8 Å². The Morgan fingerprint density at radius 1 is 1.10 bits per heavy atom. The Morgan fingerprint density at radius 3 is 2.45 bits per heavy atom. The van der Waals surface area contributed by atoms with Crippen LogP contribution in [0.15, 0.2) is 42.5 Å². The van der Waals surface area contributed by atoms with Crippen LogP contribution in [-0.2, 0) is 9.53 Å². The topological polar surface area (TPSA) is 68.3 Å². The molecular weight excluding hydrogens is 391 g/mol. The number of halogens is 1. The van der Waals surface area contributed by atoms with Gasteiger partial charge in [0.05, 0.1) is 5.69 Å². The minimum atomic E-state index is -0.973. The number of nitrogens with one attached hydrogen (secondary N) is 1. The van der Waals surface area contributed by atoms with E-state index < -0.39 is 18.0 Å². The first-order valence-electron chi connectivity index (χ1n) is 9.07. The molecule has 1 unspecified atom stereocenters. The van der Waals surface area contributed by atoms with Crippen LogP contribution in [0.1, 0.15) is 33.4 Å². The number of aryl methyl sites for hydroxylation is 3. The molecule has 150 valence electrons. The molecule has 0 radical (unpaired) electrons. The van der Waals surface area contributed by atoms with Gasteiger partial charge in [0.25, 0.3) is 5.91 Å². The van der Waals surface area contributed by atoms with Crippen molar-refractivity contribution in [2.45, 2.75) is 33.8 Å². The molecule has 0 saturated heterocycles. The number of thiazole rings is 1. The van der Waals surface area contributed by atoms with Crippen molar-refractivity contribution in [2.24, 2.45) is 0 Å². The van der Waals surface area contributed by atoms with E-state index in [4.69, 9.17) is 4.74 Å².